The molecule has 4 aromatic rings. The Morgan fingerprint density at radius 1 is 0.548 bits per heavy atom. The minimum Gasteiger partial charge on any atom is -0.545 e. The molecule has 0 spiro atoms. The van der Waals surface area contributed by atoms with Crippen LogP contribution in [0.5, 0.6) is 0 Å². The Hall–Kier alpha value is -3.20. The molecule has 0 fully saturated rings. The van der Waals surface area contributed by atoms with Gasteiger partial charge in [0.25, 0.3) is 0 Å². The van der Waals surface area contributed by atoms with Crippen molar-refractivity contribution in [1.29, 1.82) is 0 Å². The first kappa shape index (κ1) is 24.1. The Balaban J connectivity index is 0.000000213. The van der Waals surface area contributed by atoms with Crippen LogP contribution in [-0.2, 0) is 0 Å². The fourth-order valence-electron chi connectivity index (χ4n) is 2.55. The molecule has 0 aliphatic heterocycles. The molecule has 0 aromatic carbocycles. The summed E-state index contributed by atoms with van der Waals surface area (Å²) in [5, 5.41) is 21.6. The van der Waals surface area contributed by atoms with E-state index in [1.165, 1.54) is 24.5 Å². The topological polar surface area (TPSA) is 132 Å². The molecule has 0 amide bonds. The summed E-state index contributed by atoms with van der Waals surface area (Å²) in [4.78, 5) is 37.7. The van der Waals surface area contributed by atoms with Crippen molar-refractivity contribution in [2.45, 2.75) is 0 Å². The third-order valence-corrected chi connectivity index (χ3v) is 3.87. The Bertz CT molecular complexity index is 1070. The molecule has 4 aromatic heterocycles. The molecule has 0 aliphatic rings. The van der Waals surface area contributed by atoms with E-state index < -0.39 is 11.9 Å². The summed E-state index contributed by atoms with van der Waals surface area (Å²) in [5.41, 5.74) is 1.82. The van der Waals surface area contributed by atoms with Crippen LogP contribution in [0.15, 0.2) is 85.5 Å². The predicted octanol–water partition coefficient (Wildman–Crippen LogP) is 0.633. The zero-order chi connectivity index (χ0) is 21.3. The minimum atomic E-state index is -1.25. The van der Waals surface area contributed by atoms with Crippen LogP contribution >= 0.6 is 0 Å². The van der Waals surface area contributed by atoms with E-state index >= 15 is 0 Å². The van der Waals surface area contributed by atoms with Gasteiger partial charge in [-0.25, -0.2) is 0 Å². The minimum absolute atomic E-state index is 0. The van der Waals surface area contributed by atoms with Crippen LogP contribution in [0.25, 0.3) is 22.8 Å². The van der Waals surface area contributed by atoms with E-state index in [1.807, 2.05) is 0 Å². The fourth-order valence-corrected chi connectivity index (χ4v) is 2.55. The van der Waals surface area contributed by atoms with Crippen LogP contribution in [-0.4, -0.2) is 69.6 Å². The third-order valence-electron chi connectivity index (χ3n) is 3.87. The van der Waals surface area contributed by atoms with Gasteiger partial charge >= 0.3 is 37.7 Å². The first-order valence-electron chi connectivity index (χ1n) is 8.73. The van der Waals surface area contributed by atoms with Gasteiger partial charge in [-0.3, -0.25) is 19.9 Å². The quantitative estimate of drug-likeness (QED) is 0.424. The molecular weight excluding hydrogens is 424 g/mol. The van der Waals surface area contributed by atoms with Crippen molar-refractivity contribution in [3.8, 4) is 22.8 Å². The molecule has 0 N–H and O–H groups in total. The van der Waals surface area contributed by atoms with Crippen LogP contribution in [0, 0.1) is 0 Å². The van der Waals surface area contributed by atoms with E-state index in [4.69, 9.17) is 0 Å². The van der Waals surface area contributed by atoms with Gasteiger partial charge in [-0.2, -0.15) is 0 Å². The number of carbonyl (C=O) groups excluding carboxylic acids is 2. The summed E-state index contributed by atoms with van der Waals surface area (Å²) in [6, 6.07) is 16.5. The maximum absolute atomic E-state index is 10.8. The molecule has 0 atom stereocenters. The number of hydrogen-bond acceptors (Lipinski definition) is 8. The van der Waals surface area contributed by atoms with Crippen LogP contribution in [0.2, 0.25) is 0 Å². The van der Waals surface area contributed by atoms with Crippen molar-refractivity contribution in [2.24, 2.45) is 0 Å². The van der Waals surface area contributed by atoms with Crippen molar-refractivity contribution in [2.75, 3.05) is 0 Å². The average Bonchev–Trinajstić information content (AvgIpc) is 2.80. The second-order valence-corrected chi connectivity index (χ2v) is 5.80. The number of aromatic nitrogens is 4. The zero-order valence-electron chi connectivity index (χ0n) is 16.2. The second kappa shape index (κ2) is 11.8. The maximum atomic E-state index is 10.8. The second-order valence-electron chi connectivity index (χ2n) is 5.80. The van der Waals surface area contributed by atoms with Gasteiger partial charge in [-0.05, 0) is 48.5 Å². The Morgan fingerprint density at radius 3 is 1.26 bits per heavy atom. The molecule has 0 aliphatic carbocycles. The van der Waals surface area contributed by atoms with Gasteiger partial charge in [-0.15, -0.1) is 0 Å². The molecule has 8 nitrogen and oxygen atoms in total. The van der Waals surface area contributed by atoms with E-state index in [0.29, 0.717) is 22.8 Å². The standard InChI is InChI=1S/2C11H8N2O2.Ca/c2*14-11(15)8-4-3-7-13-10(8)9-5-1-2-6-12-9;/h2*1-7H,(H,14,15);/q;;+2/p-2. The number of nitrogens with zero attached hydrogens (tertiary/aromatic N) is 4. The van der Waals surface area contributed by atoms with E-state index in [-0.39, 0.29) is 48.9 Å². The average molecular weight is 438 g/mol. The van der Waals surface area contributed by atoms with Gasteiger partial charge < -0.3 is 19.8 Å². The predicted molar refractivity (Wildman–Crippen MR) is 109 cm³/mol. The number of aromatic carboxylic acids is 2. The van der Waals surface area contributed by atoms with Crippen molar-refractivity contribution < 1.29 is 19.8 Å². The van der Waals surface area contributed by atoms with E-state index in [2.05, 4.69) is 19.9 Å². The normalized spacial score (nSPS) is 9.55. The van der Waals surface area contributed by atoms with E-state index in [1.54, 1.807) is 60.9 Å². The molecule has 148 valence electrons. The zero-order valence-corrected chi connectivity index (χ0v) is 18.4. The van der Waals surface area contributed by atoms with Gasteiger partial charge in [-0.1, -0.05) is 12.1 Å². The monoisotopic (exact) mass is 438 g/mol. The smallest absolute Gasteiger partial charge is 0.545 e. The number of carboxylic acids is 2. The summed E-state index contributed by atoms with van der Waals surface area (Å²) >= 11 is 0. The first-order valence-corrected chi connectivity index (χ1v) is 8.73. The molecule has 9 heteroatoms. The van der Waals surface area contributed by atoms with Crippen molar-refractivity contribution in [1.82, 2.24) is 19.9 Å². The molecule has 0 saturated heterocycles. The molecular formula is C22H14CaN4O4. The van der Waals surface area contributed by atoms with Gasteiger partial charge in [0.05, 0.1) is 34.7 Å². The first-order chi connectivity index (χ1) is 14.6. The summed E-state index contributed by atoms with van der Waals surface area (Å²) in [6.45, 7) is 0. The van der Waals surface area contributed by atoms with Gasteiger partial charge in [0.1, 0.15) is 0 Å². The number of carbonyl (C=O) groups is 2. The van der Waals surface area contributed by atoms with E-state index in [9.17, 15) is 19.8 Å². The number of hydrogen-bond donors (Lipinski definition) is 0. The molecule has 0 saturated carbocycles. The SMILES string of the molecule is O=C([O-])c1cccnc1-c1ccccn1.O=C([O-])c1cccnc1-c1ccccn1.[Ca+2]. The Morgan fingerprint density at radius 2 is 0.935 bits per heavy atom. The van der Waals surface area contributed by atoms with E-state index in [0.717, 1.165) is 0 Å². The number of carboxylic acid groups (broad SMARTS) is 2. The molecule has 0 radical (unpaired) electrons. The molecule has 0 bridgehead atoms. The summed E-state index contributed by atoms with van der Waals surface area (Å²) in [7, 11) is 0. The summed E-state index contributed by atoms with van der Waals surface area (Å²) < 4.78 is 0. The Labute approximate surface area is 207 Å². The maximum Gasteiger partial charge on any atom is 2.00 e. The third kappa shape index (κ3) is 6.39. The van der Waals surface area contributed by atoms with Gasteiger partial charge in [0.15, 0.2) is 0 Å². The number of rotatable bonds is 4. The van der Waals surface area contributed by atoms with Crippen molar-refractivity contribution >= 4 is 49.7 Å². The Kier molecular flexibility index (Phi) is 9.20. The van der Waals surface area contributed by atoms with Crippen LogP contribution in [0.4, 0.5) is 0 Å². The summed E-state index contributed by atoms with van der Waals surface area (Å²) in [5.74, 6) is -2.49. The van der Waals surface area contributed by atoms with Crippen molar-refractivity contribution in [3.63, 3.8) is 0 Å². The molecule has 0 unspecified atom stereocenters. The van der Waals surface area contributed by atoms with Crippen molar-refractivity contribution in [3.05, 3.63) is 96.6 Å². The molecule has 4 heterocycles. The van der Waals surface area contributed by atoms with Crippen LogP contribution < -0.4 is 10.2 Å². The van der Waals surface area contributed by atoms with Gasteiger partial charge in [0.2, 0.25) is 0 Å². The van der Waals surface area contributed by atoms with Crippen LogP contribution in [0.1, 0.15) is 20.7 Å². The van der Waals surface area contributed by atoms with Gasteiger partial charge in [0, 0.05) is 35.9 Å². The number of pyridine rings is 4. The molecule has 4 rings (SSSR count). The largest absolute Gasteiger partial charge is 2.00 e. The fraction of sp³-hybridized carbons (Fsp3) is 0. The summed E-state index contributed by atoms with van der Waals surface area (Å²) in [6.07, 6.45) is 6.22. The van der Waals surface area contributed by atoms with Crippen LogP contribution in [0.3, 0.4) is 0 Å². The molecule has 31 heavy (non-hydrogen) atoms.